The quantitative estimate of drug-likeness (QED) is 0.377. The van der Waals surface area contributed by atoms with Crippen molar-refractivity contribution in [1.29, 1.82) is 0 Å². The summed E-state index contributed by atoms with van der Waals surface area (Å²) in [5.41, 5.74) is 12.0. The second kappa shape index (κ2) is 10.4. The van der Waals surface area contributed by atoms with E-state index in [1.165, 1.54) is 17.7 Å². The Labute approximate surface area is 206 Å². The summed E-state index contributed by atoms with van der Waals surface area (Å²) in [6.07, 6.45) is 1.72. The van der Waals surface area contributed by atoms with E-state index in [0.29, 0.717) is 19.5 Å². The molecule has 0 spiro atoms. The molecule has 3 aromatic rings. The molecule has 1 aliphatic rings. The lowest BCUT2D eigenvalue weighted by molar-refractivity contribution is 0.246. The molecule has 1 atom stereocenters. The molecule has 2 amide bonds. The van der Waals surface area contributed by atoms with Crippen LogP contribution in [-0.2, 0) is 23.0 Å². The van der Waals surface area contributed by atoms with Crippen molar-refractivity contribution < 1.29 is 13.2 Å². The second-order valence-corrected chi connectivity index (χ2v) is 10.3. The Balaban J connectivity index is 1.33. The van der Waals surface area contributed by atoms with Gasteiger partial charge in [-0.25, -0.2) is 17.9 Å². The molecule has 1 heterocycles. The van der Waals surface area contributed by atoms with E-state index in [-0.39, 0.29) is 11.1 Å². The second-order valence-electron chi connectivity index (χ2n) is 8.58. The van der Waals surface area contributed by atoms with Crippen LogP contribution in [0.3, 0.4) is 0 Å². The van der Waals surface area contributed by atoms with Crippen molar-refractivity contribution in [3.63, 3.8) is 0 Å². The monoisotopic (exact) mass is 493 g/mol. The highest BCUT2D eigenvalue weighted by atomic mass is 32.2. The van der Waals surface area contributed by atoms with Crippen LogP contribution in [0.15, 0.2) is 71.6 Å². The van der Waals surface area contributed by atoms with Crippen molar-refractivity contribution in [3.8, 4) is 0 Å². The average Bonchev–Trinajstić information content (AvgIpc) is 3.22. The van der Waals surface area contributed by atoms with Crippen molar-refractivity contribution in [3.05, 3.63) is 83.4 Å². The third-order valence-corrected chi connectivity index (χ3v) is 7.39. The lowest BCUT2D eigenvalue weighted by Gasteiger charge is -2.26. The Hall–Kier alpha value is -3.56. The molecule has 0 radical (unpaired) electrons. The van der Waals surface area contributed by atoms with Crippen LogP contribution in [0.5, 0.6) is 0 Å². The number of urea groups is 1. The summed E-state index contributed by atoms with van der Waals surface area (Å²) in [4.78, 5) is 14.5. The molecule has 0 aromatic heterocycles. The number of sulfonamides is 1. The van der Waals surface area contributed by atoms with Gasteiger partial charge in [-0.3, -0.25) is 0 Å². The number of carbonyl (C=O) groups excluding carboxylic acids is 1. The van der Waals surface area contributed by atoms with Crippen LogP contribution in [0, 0.1) is 6.92 Å². The van der Waals surface area contributed by atoms with Gasteiger partial charge in [0.25, 0.3) is 10.0 Å². The van der Waals surface area contributed by atoms with Gasteiger partial charge >= 0.3 is 6.03 Å². The lowest BCUT2D eigenvalue weighted by atomic mass is 10.1. The van der Waals surface area contributed by atoms with E-state index in [4.69, 9.17) is 5.73 Å². The van der Waals surface area contributed by atoms with Gasteiger partial charge in [-0.1, -0.05) is 37.3 Å². The third kappa shape index (κ3) is 5.58. The van der Waals surface area contributed by atoms with Crippen molar-refractivity contribution in [2.75, 3.05) is 16.8 Å². The summed E-state index contributed by atoms with van der Waals surface area (Å²) in [7, 11) is -3.94. The number of carbonyl (C=O) groups is 1. The molecule has 4 rings (SSSR count). The molecule has 1 unspecified atom stereocenters. The van der Waals surface area contributed by atoms with Crippen molar-refractivity contribution >= 4 is 33.1 Å². The maximum absolute atomic E-state index is 12.4. The molecule has 1 aliphatic heterocycles. The van der Waals surface area contributed by atoms with Crippen LogP contribution < -0.4 is 26.0 Å². The summed E-state index contributed by atoms with van der Waals surface area (Å²) in [6.45, 7) is 4.86. The van der Waals surface area contributed by atoms with Gasteiger partial charge in [0.05, 0.1) is 16.3 Å². The van der Waals surface area contributed by atoms with Gasteiger partial charge in [0.2, 0.25) is 0 Å². The minimum absolute atomic E-state index is 0.0129. The van der Waals surface area contributed by atoms with Gasteiger partial charge in [-0.05, 0) is 72.9 Å². The first-order valence-corrected chi connectivity index (χ1v) is 13.1. The predicted molar refractivity (Wildman–Crippen MR) is 139 cm³/mol. The number of aryl methyl sites for hydroxylation is 1. The van der Waals surface area contributed by atoms with Crippen LogP contribution in [0.1, 0.15) is 30.0 Å². The highest BCUT2D eigenvalue weighted by Crippen LogP contribution is 2.41. The smallest absolute Gasteiger partial charge is 0.328 e. The molecule has 8 nitrogen and oxygen atoms in total. The Bertz CT molecular complexity index is 1290. The predicted octanol–water partition coefficient (Wildman–Crippen LogP) is 3.98. The van der Waals surface area contributed by atoms with Gasteiger partial charge in [0.15, 0.2) is 0 Å². The maximum Gasteiger partial charge on any atom is 0.328 e. The molecule has 0 aliphatic carbocycles. The standard InChI is InChI=1S/C26H31N5O3S/c1-3-25-29-23-16-18(2)4-13-24(23)31(25)21-9-5-19(6-10-21)14-15-28-26(32)30-35(33,34)22-11-7-20(17-27)8-12-22/h4-13,16,25,29H,3,14-15,17,27H2,1-2H3,(H2,28,30,32). The molecule has 0 saturated carbocycles. The van der Waals surface area contributed by atoms with E-state index in [1.807, 2.05) is 16.9 Å². The summed E-state index contributed by atoms with van der Waals surface area (Å²) in [5, 5.41) is 6.20. The van der Waals surface area contributed by atoms with E-state index in [2.05, 4.69) is 59.7 Å². The Morgan fingerprint density at radius 1 is 1.03 bits per heavy atom. The van der Waals surface area contributed by atoms with E-state index >= 15 is 0 Å². The zero-order valence-corrected chi connectivity index (χ0v) is 20.7. The molecule has 184 valence electrons. The number of hydrogen-bond acceptors (Lipinski definition) is 6. The van der Waals surface area contributed by atoms with Crippen LogP contribution in [0.25, 0.3) is 0 Å². The fourth-order valence-corrected chi connectivity index (χ4v) is 5.08. The molecular weight excluding hydrogens is 462 g/mol. The van der Waals surface area contributed by atoms with E-state index in [0.717, 1.165) is 34.6 Å². The normalized spacial score (nSPS) is 14.8. The topological polar surface area (TPSA) is 117 Å². The largest absolute Gasteiger partial charge is 0.363 e. The van der Waals surface area contributed by atoms with E-state index in [9.17, 15) is 13.2 Å². The minimum Gasteiger partial charge on any atom is -0.363 e. The van der Waals surface area contributed by atoms with Crippen molar-refractivity contribution in [2.45, 2.75) is 44.3 Å². The Kier molecular flexibility index (Phi) is 7.28. The molecular formula is C26H31N5O3S. The molecule has 9 heteroatoms. The Morgan fingerprint density at radius 2 is 1.71 bits per heavy atom. The molecule has 35 heavy (non-hydrogen) atoms. The molecule has 5 N–H and O–H groups in total. The number of amides is 2. The zero-order chi connectivity index (χ0) is 25.0. The number of nitrogens with zero attached hydrogens (tertiary/aromatic N) is 1. The first kappa shape index (κ1) is 24.6. The summed E-state index contributed by atoms with van der Waals surface area (Å²) < 4.78 is 26.8. The van der Waals surface area contributed by atoms with Crippen LogP contribution in [-0.4, -0.2) is 27.2 Å². The number of rotatable bonds is 8. The Morgan fingerprint density at radius 3 is 2.37 bits per heavy atom. The first-order chi connectivity index (χ1) is 16.8. The van der Waals surface area contributed by atoms with Gasteiger partial charge in [0, 0.05) is 18.8 Å². The molecule has 0 saturated heterocycles. The van der Waals surface area contributed by atoms with Crippen molar-refractivity contribution in [1.82, 2.24) is 10.0 Å². The van der Waals surface area contributed by atoms with Crippen LogP contribution in [0.2, 0.25) is 0 Å². The van der Waals surface area contributed by atoms with Gasteiger partial charge in [-0.2, -0.15) is 0 Å². The molecule has 0 bridgehead atoms. The van der Waals surface area contributed by atoms with Gasteiger partial charge in [0.1, 0.15) is 6.17 Å². The highest BCUT2D eigenvalue weighted by Gasteiger charge is 2.28. The van der Waals surface area contributed by atoms with Crippen molar-refractivity contribution in [2.24, 2.45) is 5.73 Å². The summed E-state index contributed by atoms with van der Waals surface area (Å²) >= 11 is 0. The summed E-state index contributed by atoms with van der Waals surface area (Å²) in [5.74, 6) is 0. The van der Waals surface area contributed by atoms with Crippen LogP contribution in [0.4, 0.5) is 21.9 Å². The van der Waals surface area contributed by atoms with E-state index in [1.54, 1.807) is 12.1 Å². The van der Waals surface area contributed by atoms with E-state index < -0.39 is 16.1 Å². The first-order valence-electron chi connectivity index (χ1n) is 11.7. The number of benzene rings is 3. The molecule has 0 fully saturated rings. The maximum atomic E-state index is 12.4. The third-order valence-electron chi connectivity index (χ3n) is 6.04. The number of fused-ring (bicyclic) bond motifs is 1. The summed E-state index contributed by atoms with van der Waals surface area (Å²) in [6, 6.07) is 20.0. The fourth-order valence-electron chi connectivity index (χ4n) is 4.16. The molecule has 3 aromatic carbocycles. The number of hydrogen-bond donors (Lipinski definition) is 4. The number of nitrogens with one attached hydrogen (secondary N) is 3. The zero-order valence-electron chi connectivity index (χ0n) is 19.9. The van der Waals surface area contributed by atoms with Gasteiger partial charge in [-0.15, -0.1) is 0 Å². The number of anilines is 3. The highest BCUT2D eigenvalue weighted by molar-refractivity contribution is 7.90. The number of nitrogens with two attached hydrogens (primary N) is 1. The van der Waals surface area contributed by atoms with Gasteiger partial charge < -0.3 is 21.3 Å². The SMILES string of the molecule is CCC1Nc2cc(C)ccc2N1c1ccc(CCNC(=O)NS(=O)(=O)c2ccc(CN)cc2)cc1. The lowest BCUT2D eigenvalue weighted by Crippen LogP contribution is -2.40. The minimum atomic E-state index is -3.94. The van der Waals surface area contributed by atoms with Crippen LogP contribution >= 0.6 is 0 Å². The fraction of sp³-hybridized carbons (Fsp3) is 0.269. The average molecular weight is 494 g/mol.